The molecule has 4 heterocycles. The first kappa shape index (κ1) is 38.8. The van der Waals surface area contributed by atoms with Crippen molar-refractivity contribution >= 4 is 55.4 Å². The lowest BCUT2D eigenvalue weighted by molar-refractivity contribution is -0.278. The molecule has 0 saturated carbocycles. The molecule has 5 atom stereocenters. The van der Waals surface area contributed by atoms with Crippen LogP contribution in [0.3, 0.4) is 0 Å². The predicted octanol–water partition coefficient (Wildman–Crippen LogP) is 8.51. The highest BCUT2D eigenvalue weighted by atomic mass is 19.2. The first-order valence-electron chi connectivity index (χ1n) is 19.6. The maximum absolute atomic E-state index is 15.7. The van der Waals surface area contributed by atoms with Crippen molar-refractivity contribution in [2.24, 2.45) is 0 Å². The van der Waals surface area contributed by atoms with E-state index < -0.39 is 65.7 Å². The lowest BCUT2D eigenvalue weighted by Gasteiger charge is -2.45. The average molecular weight is 830 g/mol. The number of hydrogen-bond acceptors (Lipinski definition) is 7. The molecule has 308 valence electrons. The number of fused-ring (bicyclic) bond motifs is 10. The summed E-state index contributed by atoms with van der Waals surface area (Å²) < 4.78 is 88.7. The third-order valence-electron chi connectivity index (χ3n) is 11.4. The highest BCUT2D eigenvalue weighted by Gasteiger charge is 2.49. The van der Waals surface area contributed by atoms with E-state index in [-0.39, 0.29) is 81.2 Å². The number of carbonyl (C=O) groups is 2. The molecule has 61 heavy (non-hydrogen) atoms. The summed E-state index contributed by atoms with van der Waals surface area (Å²) in [6.45, 7) is 0.0327. The Labute approximate surface area is 344 Å². The monoisotopic (exact) mass is 829 g/mol. The van der Waals surface area contributed by atoms with E-state index in [0.29, 0.717) is 0 Å². The molecule has 2 amide bonds. The number of nitrogens with one attached hydrogen (secondary N) is 2. The Morgan fingerprint density at radius 3 is 1.79 bits per heavy atom. The topological polar surface area (TPSA) is 124 Å². The summed E-state index contributed by atoms with van der Waals surface area (Å²) in [6, 6.07) is 31.6. The first-order chi connectivity index (χ1) is 29.7. The second-order valence-corrected chi connectivity index (χ2v) is 15.2. The van der Waals surface area contributed by atoms with Gasteiger partial charge in [-0.3, -0.25) is 14.9 Å². The van der Waals surface area contributed by atoms with E-state index in [1.54, 1.807) is 0 Å². The third-order valence-corrected chi connectivity index (χ3v) is 11.4. The molecule has 6 aromatic carbocycles. The minimum Gasteiger partial charge on any atom is -0.387 e. The molecule has 0 bridgehead atoms. The standard InChI is InChI=1S/C47H35F4N3O7/c48-29-16-27-33(18-31(29)50)52-40-36(27)38-39(46(57)53-45(38)56)37-28-17-30(49)32(51)19-34(28)54(41(37)40)47-44(60-22-26-14-8-3-9-15-26)43(59-21-25-12-6-2-7-13-25)42(55)35(61-47)23-58-20-24-10-4-1-5-11-24/h1-19,35,42-44,47,52,55H,20-23H2,(H,53,56,57)/t35-,42-,43+,44-,47-/m1/s1. The number of amides is 2. The van der Waals surface area contributed by atoms with Gasteiger partial charge in [-0.15, -0.1) is 0 Å². The molecule has 0 spiro atoms. The summed E-state index contributed by atoms with van der Waals surface area (Å²) >= 11 is 0. The Morgan fingerprint density at radius 2 is 1.16 bits per heavy atom. The maximum Gasteiger partial charge on any atom is 0.259 e. The summed E-state index contributed by atoms with van der Waals surface area (Å²) in [6.07, 6.45) is -6.22. The molecular weight excluding hydrogens is 795 g/mol. The summed E-state index contributed by atoms with van der Waals surface area (Å²) in [5.74, 6) is -6.49. The number of ether oxygens (including phenoxy) is 4. The minimum absolute atomic E-state index is 0.00869. The van der Waals surface area contributed by atoms with E-state index in [1.807, 2.05) is 91.0 Å². The van der Waals surface area contributed by atoms with Gasteiger partial charge in [-0.2, -0.15) is 0 Å². The molecule has 0 unspecified atom stereocenters. The van der Waals surface area contributed by atoms with E-state index in [0.717, 1.165) is 41.0 Å². The number of nitrogens with zero attached hydrogens (tertiary/aromatic N) is 1. The van der Waals surface area contributed by atoms with E-state index in [4.69, 9.17) is 18.9 Å². The SMILES string of the molecule is O=C1NC(=O)c2c1c1c3cc(F)c(F)cc3[nH]c1c1c2c2cc(F)c(F)cc2n1[C@@H]1O[C@H](COCc2ccccc2)[C@@H](O)[C@H](OCc2ccccc2)[C@H]1OCc1ccccc1. The molecule has 3 N–H and O–H groups in total. The van der Waals surface area contributed by atoms with E-state index >= 15 is 8.78 Å². The van der Waals surface area contributed by atoms with Crippen LogP contribution >= 0.6 is 0 Å². The summed E-state index contributed by atoms with van der Waals surface area (Å²) in [5, 5.41) is 14.7. The number of aliphatic hydroxyl groups is 1. The van der Waals surface area contributed by atoms with Gasteiger partial charge in [0.15, 0.2) is 29.5 Å². The molecule has 8 aromatic rings. The van der Waals surface area contributed by atoms with Gasteiger partial charge in [0.1, 0.15) is 24.4 Å². The normalized spacial score (nSPS) is 20.3. The van der Waals surface area contributed by atoms with Crippen LogP contribution in [0.2, 0.25) is 0 Å². The quantitative estimate of drug-likeness (QED) is 0.0883. The van der Waals surface area contributed by atoms with Gasteiger partial charge >= 0.3 is 0 Å². The fraction of sp³-hybridized carbons (Fsp3) is 0.191. The molecule has 2 aliphatic heterocycles. The van der Waals surface area contributed by atoms with Crippen molar-refractivity contribution in [1.82, 2.24) is 14.9 Å². The zero-order valence-corrected chi connectivity index (χ0v) is 32.0. The van der Waals surface area contributed by atoms with Crippen LogP contribution in [0.15, 0.2) is 115 Å². The number of halogens is 4. The van der Waals surface area contributed by atoms with E-state index in [9.17, 15) is 23.5 Å². The molecule has 2 aromatic heterocycles. The number of benzene rings is 6. The van der Waals surface area contributed by atoms with Crippen molar-refractivity contribution in [2.45, 2.75) is 50.5 Å². The number of rotatable bonds is 11. The van der Waals surface area contributed by atoms with Crippen molar-refractivity contribution in [1.29, 1.82) is 0 Å². The number of aromatic amines is 1. The Bertz CT molecular complexity index is 3000. The van der Waals surface area contributed by atoms with Gasteiger partial charge in [0.05, 0.1) is 54.1 Å². The minimum atomic E-state index is -1.37. The fourth-order valence-corrected chi connectivity index (χ4v) is 8.65. The van der Waals surface area contributed by atoms with Crippen molar-refractivity contribution in [3.05, 3.63) is 166 Å². The second-order valence-electron chi connectivity index (χ2n) is 15.2. The molecule has 10 rings (SSSR count). The van der Waals surface area contributed by atoms with Gasteiger partial charge in [-0.25, -0.2) is 17.6 Å². The van der Waals surface area contributed by atoms with Crippen LogP contribution < -0.4 is 5.32 Å². The van der Waals surface area contributed by atoms with Gasteiger partial charge in [0.25, 0.3) is 11.8 Å². The maximum atomic E-state index is 15.7. The van der Waals surface area contributed by atoms with Crippen LogP contribution in [0.1, 0.15) is 43.6 Å². The highest BCUT2D eigenvalue weighted by Crippen LogP contribution is 2.47. The molecule has 0 aliphatic carbocycles. The van der Waals surface area contributed by atoms with Crippen LogP contribution in [0, 0.1) is 23.3 Å². The van der Waals surface area contributed by atoms with Crippen LogP contribution in [0.25, 0.3) is 43.6 Å². The lowest BCUT2D eigenvalue weighted by Crippen LogP contribution is -2.58. The van der Waals surface area contributed by atoms with Crippen LogP contribution in [0.5, 0.6) is 0 Å². The predicted molar refractivity (Wildman–Crippen MR) is 216 cm³/mol. The number of aromatic nitrogens is 2. The van der Waals surface area contributed by atoms with Crippen LogP contribution in [0.4, 0.5) is 17.6 Å². The molecule has 2 aliphatic rings. The van der Waals surface area contributed by atoms with Gasteiger partial charge in [0.2, 0.25) is 0 Å². The van der Waals surface area contributed by atoms with Crippen molar-refractivity contribution < 1.29 is 51.2 Å². The Kier molecular flexibility index (Phi) is 9.89. The first-order valence-corrected chi connectivity index (χ1v) is 19.6. The highest BCUT2D eigenvalue weighted by molar-refractivity contribution is 6.39. The summed E-state index contributed by atoms with van der Waals surface area (Å²) in [7, 11) is 0. The Morgan fingerprint density at radius 1 is 0.639 bits per heavy atom. The molecule has 1 saturated heterocycles. The van der Waals surface area contributed by atoms with E-state index in [2.05, 4.69) is 10.3 Å². The van der Waals surface area contributed by atoms with Crippen molar-refractivity contribution in [3.8, 4) is 0 Å². The zero-order chi connectivity index (χ0) is 41.9. The molecule has 1 fully saturated rings. The van der Waals surface area contributed by atoms with Gasteiger partial charge in [0, 0.05) is 39.2 Å². The van der Waals surface area contributed by atoms with Crippen molar-refractivity contribution in [3.63, 3.8) is 0 Å². The molecular formula is C47H35F4N3O7. The largest absolute Gasteiger partial charge is 0.387 e. The van der Waals surface area contributed by atoms with Gasteiger partial charge in [-0.1, -0.05) is 91.0 Å². The number of H-pyrrole nitrogens is 1. The summed E-state index contributed by atoms with van der Waals surface area (Å²) in [5.41, 5.74) is 2.41. The molecule has 0 radical (unpaired) electrons. The van der Waals surface area contributed by atoms with E-state index in [1.165, 1.54) is 4.57 Å². The average Bonchev–Trinajstić information content (AvgIpc) is 3.89. The Hall–Kier alpha value is -6.42. The molecule has 14 heteroatoms. The lowest BCUT2D eigenvalue weighted by atomic mass is 9.96. The van der Waals surface area contributed by atoms with Crippen LogP contribution in [-0.2, 0) is 38.8 Å². The fourth-order valence-electron chi connectivity index (χ4n) is 8.65. The van der Waals surface area contributed by atoms with Crippen molar-refractivity contribution in [2.75, 3.05) is 6.61 Å². The number of aliphatic hydroxyl groups excluding tert-OH is 1. The van der Waals surface area contributed by atoms with Gasteiger partial charge < -0.3 is 33.6 Å². The number of imide groups is 1. The Balaban J connectivity index is 1.23. The third kappa shape index (κ3) is 6.73. The smallest absolute Gasteiger partial charge is 0.259 e. The number of hydrogen-bond donors (Lipinski definition) is 3. The second kappa shape index (κ2) is 15.6. The zero-order valence-electron chi connectivity index (χ0n) is 32.0. The molecule has 10 nitrogen and oxygen atoms in total. The van der Waals surface area contributed by atoms with Gasteiger partial charge in [-0.05, 0) is 28.8 Å². The van der Waals surface area contributed by atoms with Crippen LogP contribution in [-0.4, -0.2) is 57.5 Å². The summed E-state index contributed by atoms with van der Waals surface area (Å²) in [4.78, 5) is 30.6. The number of carbonyl (C=O) groups excluding carboxylic acids is 2.